The third-order valence-electron chi connectivity index (χ3n) is 0.854. The quantitative estimate of drug-likeness (QED) is 0.410. The summed E-state index contributed by atoms with van der Waals surface area (Å²) in [4.78, 5) is 3.76. The molecule has 0 aromatic carbocycles. The van der Waals surface area contributed by atoms with Crippen molar-refractivity contribution in [1.82, 2.24) is 14.8 Å². The zero-order valence-electron chi connectivity index (χ0n) is 6.70. The lowest BCUT2D eigenvalue weighted by molar-refractivity contribution is -0.370. The van der Waals surface area contributed by atoms with E-state index >= 15 is 0 Å². The van der Waals surface area contributed by atoms with Crippen LogP contribution in [-0.2, 0) is 16.9 Å². The molecule has 0 saturated heterocycles. The van der Waals surface area contributed by atoms with Gasteiger partial charge in [0.2, 0.25) is 10.4 Å². The first-order valence-electron chi connectivity index (χ1n) is 3.23. The van der Waals surface area contributed by atoms with Gasteiger partial charge in [0.05, 0.1) is 13.1 Å². The molecule has 9 heteroatoms. The molecule has 0 aliphatic carbocycles. The summed E-state index contributed by atoms with van der Waals surface area (Å²) >= 11 is 0. The molecular weight excluding hydrogens is 200 g/mol. The van der Waals surface area contributed by atoms with Gasteiger partial charge in [0.25, 0.3) is 0 Å². The molecule has 0 fully saturated rings. The van der Waals surface area contributed by atoms with Gasteiger partial charge in [-0.2, -0.15) is 5.10 Å². The first-order chi connectivity index (χ1) is 5.93. The van der Waals surface area contributed by atoms with Gasteiger partial charge in [-0.3, -0.25) is 4.55 Å². The van der Waals surface area contributed by atoms with E-state index in [1.54, 1.807) is 11.0 Å². The number of rotatable bonds is 2. The van der Waals surface area contributed by atoms with Crippen LogP contribution in [-0.4, -0.2) is 38.8 Å². The lowest BCUT2D eigenvalue weighted by Gasteiger charge is -1.89. The number of nitrogens with zero attached hydrogens (tertiary/aromatic N) is 3. The highest BCUT2D eigenvalue weighted by atomic mass is 32.3. The van der Waals surface area contributed by atoms with E-state index in [4.69, 9.17) is 17.5 Å². The summed E-state index contributed by atoms with van der Waals surface area (Å²) in [6, 6.07) is 0. The van der Waals surface area contributed by atoms with E-state index in [1.807, 2.05) is 0 Å². The Balaban J connectivity index is 0.000000252. The Labute approximate surface area is 75.0 Å². The van der Waals surface area contributed by atoms with E-state index in [0.717, 1.165) is 13.1 Å². The molecule has 0 spiro atoms. The Morgan fingerprint density at radius 2 is 2.15 bits per heavy atom. The van der Waals surface area contributed by atoms with Gasteiger partial charge < -0.3 is 10.3 Å². The summed E-state index contributed by atoms with van der Waals surface area (Å²) in [5.74, 6) is 0. The Kier molecular flexibility index (Phi) is 5.14. The molecule has 1 rings (SSSR count). The summed E-state index contributed by atoms with van der Waals surface area (Å²) in [5, 5.41) is 3.87. The van der Waals surface area contributed by atoms with Gasteiger partial charge in [-0.1, -0.05) is 0 Å². The van der Waals surface area contributed by atoms with Crippen LogP contribution in [0.1, 0.15) is 0 Å². The Morgan fingerprint density at radius 3 is 2.46 bits per heavy atom. The van der Waals surface area contributed by atoms with Gasteiger partial charge >= 0.3 is 0 Å². The van der Waals surface area contributed by atoms with Crippen molar-refractivity contribution in [1.29, 1.82) is 0 Å². The van der Waals surface area contributed by atoms with Crippen molar-refractivity contribution in [2.24, 2.45) is 0 Å². The van der Waals surface area contributed by atoms with Gasteiger partial charge in [-0.05, 0) is 0 Å². The fourth-order valence-electron chi connectivity index (χ4n) is 0.510. The second kappa shape index (κ2) is 5.59. The highest BCUT2D eigenvalue weighted by Gasteiger charge is 1.85. The fraction of sp³-hybridized carbons (Fsp3) is 0.500. The molecule has 8 nitrogen and oxygen atoms in total. The molecule has 0 unspecified atom stereocenters. The van der Waals surface area contributed by atoms with E-state index < -0.39 is 10.4 Å². The smallest absolute Gasteiger partial charge is 0.215 e. The summed E-state index contributed by atoms with van der Waals surface area (Å²) < 4.78 is 34.6. The number of quaternary nitrogens is 1. The fourth-order valence-corrected chi connectivity index (χ4v) is 0.510. The third kappa shape index (κ3) is 11.0. The van der Waals surface area contributed by atoms with Crippen LogP contribution in [0.2, 0.25) is 0 Å². The normalized spacial score (nSPS) is 10.4. The Morgan fingerprint density at radius 1 is 1.62 bits per heavy atom. The van der Waals surface area contributed by atoms with Crippen LogP contribution in [0.15, 0.2) is 12.7 Å². The minimum atomic E-state index is -4.92. The molecule has 0 amide bonds. The van der Waals surface area contributed by atoms with Crippen molar-refractivity contribution < 1.29 is 23.3 Å². The first-order valence-corrected chi connectivity index (χ1v) is 4.60. The minimum Gasteiger partial charge on any atom is -0.726 e. The van der Waals surface area contributed by atoms with Gasteiger partial charge in [0, 0.05) is 0 Å². The standard InChI is InChI=1S/C4H8N4.H2O4S/c5-1-2-8-4-6-3-7-8;1-5(2,3)4/h3-4H,1-2,5H2;(H2,1,2,3,4). The van der Waals surface area contributed by atoms with Crippen LogP contribution >= 0.6 is 0 Å². The summed E-state index contributed by atoms with van der Waals surface area (Å²) in [6.45, 7) is 1.73. The molecule has 4 N–H and O–H groups in total. The van der Waals surface area contributed by atoms with Crippen molar-refractivity contribution in [2.75, 3.05) is 6.54 Å². The molecule has 76 valence electrons. The zero-order valence-corrected chi connectivity index (χ0v) is 7.51. The maximum absolute atomic E-state index is 8.63. The Hall–Kier alpha value is -1.03. The third-order valence-corrected chi connectivity index (χ3v) is 0.854. The van der Waals surface area contributed by atoms with Crippen LogP contribution in [0, 0.1) is 0 Å². The van der Waals surface area contributed by atoms with Crippen LogP contribution in [0.25, 0.3) is 0 Å². The van der Waals surface area contributed by atoms with Gasteiger partial charge in [0.1, 0.15) is 12.7 Å². The first kappa shape index (κ1) is 12.0. The van der Waals surface area contributed by atoms with Crippen LogP contribution in [0.3, 0.4) is 0 Å². The van der Waals surface area contributed by atoms with E-state index in [2.05, 4.69) is 15.8 Å². The molecule has 0 saturated carbocycles. The molecule has 1 aromatic rings. The van der Waals surface area contributed by atoms with Crippen LogP contribution < -0.4 is 5.73 Å². The van der Waals surface area contributed by atoms with Crippen LogP contribution in [0.4, 0.5) is 0 Å². The molecule has 1 aromatic heterocycles. The second-order valence-corrected chi connectivity index (χ2v) is 2.80. The lowest BCUT2D eigenvalue weighted by Crippen LogP contribution is -2.52. The maximum atomic E-state index is 8.63. The average molecular weight is 210 g/mol. The van der Waals surface area contributed by atoms with Crippen molar-refractivity contribution in [3.63, 3.8) is 0 Å². The number of aromatic nitrogens is 3. The molecular formula is C4H10N4O4S. The zero-order chi connectivity index (χ0) is 10.3. The molecule has 0 bridgehead atoms. The second-order valence-electron chi connectivity index (χ2n) is 1.94. The van der Waals surface area contributed by atoms with Crippen molar-refractivity contribution in [2.45, 2.75) is 6.54 Å². The van der Waals surface area contributed by atoms with Gasteiger partial charge in [-0.25, -0.2) is 18.1 Å². The van der Waals surface area contributed by atoms with Gasteiger partial charge in [-0.15, -0.1) is 0 Å². The number of hydrogen-bond acceptors (Lipinski definition) is 5. The predicted octanol–water partition coefficient (Wildman–Crippen LogP) is -2.48. The summed E-state index contributed by atoms with van der Waals surface area (Å²) in [6.07, 6.45) is 3.21. The lowest BCUT2D eigenvalue weighted by atomic mass is 10.7. The molecule has 0 radical (unpaired) electrons. The summed E-state index contributed by atoms with van der Waals surface area (Å²) in [7, 11) is -4.92. The van der Waals surface area contributed by atoms with Crippen molar-refractivity contribution >= 4 is 10.4 Å². The highest BCUT2D eigenvalue weighted by Crippen LogP contribution is 1.73. The van der Waals surface area contributed by atoms with E-state index in [1.165, 1.54) is 6.33 Å². The van der Waals surface area contributed by atoms with E-state index in [0.29, 0.717) is 0 Å². The number of hydrogen-bond donors (Lipinski definition) is 2. The van der Waals surface area contributed by atoms with Gasteiger partial charge in [0.15, 0.2) is 0 Å². The topological polar surface area (TPSA) is 136 Å². The molecule has 1 heterocycles. The van der Waals surface area contributed by atoms with Crippen molar-refractivity contribution in [3.05, 3.63) is 12.7 Å². The molecule has 0 aliphatic heterocycles. The highest BCUT2D eigenvalue weighted by molar-refractivity contribution is 7.79. The predicted molar refractivity (Wildman–Crippen MR) is 40.1 cm³/mol. The molecule has 0 aliphatic rings. The SMILES string of the molecule is O=S(=O)([O-])O.[NH3+]CCn1cncn1. The Bertz CT molecular complexity index is 299. The molecule has 13 heavy (non-hydrogen) atoms. The molecule has 0 atom stereocenters. The van der Waals surface area contributed by atoms with E-state index in [-0.39, 0.29) is 0 Å². The summed E-state index contributed by atoms with van der Waals surface area (Å²) in [5.41, 5.74) is 3.67. The van der Waals surface area contributed by atoms with E-state index in [9.17, 15) is 0 Å². The van der Waals surface area contributed by atoms with Crippen molar-refractivity contribution in [3.8, 4) is 0 Å². The monoisotopic (exact) mass is 210 g/mol. The minimum absolute atomic E-state index is 0.861. The average Bonchev–Trinajstić information content (AvgIpc) is 2.36. The largest absolute Gasteiger partial charge is 0.726 e. The maximum Gasteiger partial charge on any atom is 0.215 e. The van der Waals surface area contributed by atoms with Crippen LogP contribution in [0.5, 0.6) is 0 Å².